The van der Waals surface area contributed by atoms with E-state index in [4.69, 9.17) is 4.99 Å². The Morgan fingerprint density at radius 3 is 2.43 bits per heavy atom. The maximum Gasteiger partial charge on any atom is 0.0874 e. The summed E-state index contributed by atoms with van der Waals surface area (Å²) in [6, 6.07) is 25.4. The van der Waals surface area contributed by atoms with E-state index in [0.29, 0.717) is 0 Å². The second-order valence-corrected chi connectivity index (χ2v) is 8.20. The predicted octanol–water partition coefficient (Wildman–Crippen LogP) is 6.02. The third kappa shape index (κ3) is 3.89. The van der Waals surface area contributed by atoms with Crippen molar-refractivity contribution in [3.63, 3.8) is 0 Å². The molecule has 3 aromatic rings. The van der Waals surface area contributed by atoms with E-state index in [9.17, 15) is 0 Å². The average Bonchev–Trinajstić information content (AvgIpc) is 2.83. The van der Waals surface area contributed by atoms with Gasteiger partial charge in [0.2, 0.25) is 0 Å². The van der Waals surface area contributed by atoms with E-state index in [1.165, 1.54) is 16.9 Å². The molecule has 0 unspecified atom stereocenters. The average molecular weight is 434 g/mol. The van der Waals surface area contributed by atoms with E-state index in [0.717, 1.165) is 40.9 Å². The molecule has 142 valence electrons. The van der Waals surface area contributed by atoms with Crippen LogP contribution in [-0.2, 0) is 0 Å². The largest absolute Gasteiger partial charge is 0.339 e. The van der Waals surface area contributed by atoms with Crippen LogP contribution in [0.4, 0.5) is 17.1 Å². The summed E-state index contributed by atoms with van der Waals surface area (Å²) in [7, 11) is 4.25. The Labute approximate surface area is 175 Å². The Bertz CT molecular complexity index is 1010. The normalized spacial score (nSPS) is 13.0. The van der Waals surface area contributed by atoms with Gasteiger partial charge in [0, 0.05) is 22.1 Å². The summed E-state index contributed by atoms with van der Waals surface area (Å²) in [5, 5.41) is 0. The smallest absolute Gasteiger partial charge is 0.0874 e. The zero-order chi connectivity index (χ0) is 19.5. The predicted molar refractivity (Wildman–Crippen MR) is 123 cm³/mol. The van der Waals surface area contributed by atoms with Crippen molar-refractivity contribution < 1.29 is 0 Å². The van der Waals surface area contributed by atoms with E-state index < -0.39 is 0 Å². The van der Waals surface area contributed by atoms with Gasteiger partial charge in [-0.15, -0.1) is 0 Å². The molecule has 0 atom stereocenters. The maximum absolute atomic E-state index is 5.13. The lowest BCUT2D eigenvalue weighted by Crippen LogP contribution is -2.24. The highest BCUT2D eigenvalue weighted by atomic mass is 79.9. The highest BCUT2D eigenvalue weighted by molar-refractivity contribution is 9.10. The van der Waals surface area contributed by atoms with Crippen LogP contribution in [0.25, 0.3) is 0 Å². The Kier molecular flexibility index (Phi) is 5.60. The molecule has 0 aromatic heterocycles. The summed E-state index contributed by atoms with van der Waals surface area (Å²) >= 11 is 3.61. The van der Waals surface area contributed by atoms with Gasteiger partial charge in [0.05, 0.1) is 22.8 Å². The van der Waals surface area contributed by atoms with E-state index in [-0.39, 0.29) is 0 Å². The van der Waals surface area contributed by atoms with Gasteiger partial charge in [0.25, 0.3) is 0 Å². The van der Waals surface area contributed by atoms with E-state index >= 15 is 0 Å². The molecule has 0 spiro atoms. The zero-order valence-electron chi connectivity index (χ0n) is 16.3. The van der Waals surface area contributed by atoms with E-state index in [2.05, 4.69) is 107 Å². The fourth-order valence-electron chi connectivity index (χ4n) is 3.65. The first-order valence-electron chi connectivity index (χ1n) is 9.59. The van der Waals surface area contributed by atoms with Crippen LogP contribution in [0.15, 0.2) is 82.3 Å². The molecule has 0 saturated carbocycles. The summed E-state index contributed by atoms with van der Waals surface area (Å²) in [6.07, 6.45) is 1.09. The van der Waals surface area contributed by atoms with Crippen molar-refractivity contribution in [3.05, 3.63) is 88.4 Å². The number of hydrogen-bond donors (Lipinski definition) is 0. The van der Waals surface area contributed by atoms with Gasteiger partial charge >= 0.3 is 0 Å². The standard InChI is InChI=1S/C24H24BrN3/c1-27(2)15-8-16-28-22-13-5-3-11-20(22)24(18-9-7-10-19(25)17-18)26-21-12-4-6-14-23(21)28/h3-7,9-14,17H,8,15-16H2,1-2H3. The molecule has 0 radical (unpaired) electrons. The Morgan fingerprint density at radius 2 is 1.64 bits per heavy atom. The lowest BCUT2D eigenvalue weighted by Gasteiger charge is -2.27. The molecule has 1 aliphatic heterocycles. The van der Waals surface area contributed by atoms with Crippen LogP contribution < -0.4 is 4.90 Å². The molecule has 4 rings (SSSR count). The van der Waals surface area contributed by atoms with Crippen LogP contribution in [0, 0.1) is 0 Å². The molecule has 0 fully saturated rings. The van der Waals surface area contributed by atoms with Crippen molar-refractivity contribution in [1.82, 2.24) is 4.90 Å². The van der Waals surface area contributed by atoms with Crippen LogP contribution in [0.2, 0.25) is 0 Å². The molecular weight excluding hydrogens is 410 g/mol. The summed E-state index contributed by atoms with van der Waals surface area (Å²) < 4.78 is 1.06. The van der Waals surface area contributed by atoms with Gasteiger partial charge in [-0.25, -0.2) is 4.99 Å². The Balaban J connectivity index is 1.87. The summed E-state index contributed by atoms with van der Waals surface area (Å²) in [5.74, 6) is 0. The Morgan fingerprint density at radius 1 is 0.893 bits per heavy atom. The second kappa shape index (κ2) is 8.29. The number of fused-ring (bicyclic) bond motifs is 2. The molecular formula is C24H24BrN3. The van der Waals surface area contributed by atoms with Crippen molar-refractivity contribution >= 4 is 38.7 Å². The molecule has 28 heavy (non-hydrogen) atoms. The van der Waals surface area contributed by atoms with Crippen molar-refractivity contribution in [2.75, 3.05) is 32.1 Å². The quantitative estimate of drug-likeness (QED) is 0.489. The number of benzene rings is 3. The van der Waals surface area contributed by atoms with Crippen molar-refractivity contribution in [2.45, 2.75) is 6.42 Å². The van der Waals surface area contributed by atoms with Gasteiger partial charge in [-0.05, 0) is 57.4 Å². The van der Waals surface area contributed by atoms with Crippen molar-refractivity contribution in [3.8, 4) is 0 Å². The van der Waals surface area contributed by atoms with Crippen LogP contribution in [0.1, 0.15) is 17.5 Å². The highest BCUT2D eigenvalue weighted by Gasteiger charge is 2.23. The summed E-state index contributed by atoms with van der Waals surface area (Å²) in [5.41, 5.74) is 6.69. The molecule has 0 N–H and O–H groups in total. The number of rotatable bonds is 5. The monoisotopic (exact) mass is 433 g/mol. The first-order chi connectivity index (χ1) is 13.6. The van der Waals surface area contributed by atoms with Gasteiger partial charge in [-0.2, -0.15) is 0 Å². The highest BCUT2D eigenvalue weighted by Crippen LogP contribution is 2.40. The second-order valence-electron chi connectivity index (χ2n) is 7.29. The number of nitrogens with zero attached hydrogens (tertiary/aromatic N) is 3. The molecule has 1 aliphatic rings. The number of para-hydroxylation sites is 3. The lowest BCUT2D eigenvalue weighted by atomic mass is 10.00. The van der Waals surface area contributed by atoms with Crippen LogP contribution in [0.3, 0.4) is 0 Å². The molecule has 3 aromatic carbocycles. The van der Waals surface area contributed by atoms with Gasteiger partial charge in [0.1, 0.15) is 0 Å². The van der Waals surface area contributed by atoms with Gasteiger partial charge < -0.3 is 9.80 Å². The van der Waals surface area contributed by atoms with Crippen LogP contribution >= 0.6 is 15.9 Å². The molecule has 0 saturated heterocycles. The minimum atomic E-state index is 0.952. The minimum absolute atomic E-state index is 0.952. The molecule has 0 amide bonds. The fourth-order valence-corrected chi connectivity index (χ4v) is 4.05. The number of halogens is 1. The topological polar surface area (TPSA) is 18.8 Å². The van der Waals surface area contributed by atoms with Crippen LogP contribution in [0.5, 0.6) is 0 Å². The number of anilines is 2. The van der Waals surface area contributed by atoms with Crippen molar-refractivity contribution in [2.24, 2.45) is 4.99 Å². The van der Waals surface area contributed by atoms with Gasteiger partial charge in [0.15, 0.2) is 0 Å². The van der Waals surface area contributed by atoms with E-state index in [1.807, 2.05) is 6.07 Å². The fraction of sp³-hybridized carbons (Fsp3) is 0.208. The molecule has 0 aliphatic carbocycles. The molecule has 1 heterocycles. The molecule has 0 bridgehead atoms. The summed E-state index contributed by atoms with van der Waals surface area (Å²) in [4.78, 5) is 9.78. The summed E-state index contributed by atoms with van der Waals surface area (Å²) in [6.45, 7) is 2.01. The first-order valence-corrected chi connectivity index (χ1v) is 10.4. The molecule has 3 nitrogen and oxygen atoms in total. The SMILES string of the molecule is CN(C)CCCN1c2ccccc2N=C(c2cccc(Br)c2)c2ccccc21. The molecule has 4 heteroatoms. The first kappa shape index (κ1) is 18.9. The van der Waals surface area contributed by atoms with Crippen molar-refractivity contribution in [1.29, 1.82) is 0 Å². The number of aliphatic imine (C=N–C) groups is 1. The maximum atomic E-state index is 5.13. The zero-order valence-corrected chi connectivity index (χ0v) is 17.9. The lowest BCUT2D eigenvalue weighted by molar-refractivity contribution is 0.402. The van der Waals surface area contributed by atoms with Gasteiger partial charge in [-0.3, -0.25) is 0 Å². The van der Waals surface area contributed by atoms with E-state index in [1.54, 1.807) is 0 Å². The minimum Gasteiger partial charge on any atom is -0.339 e. The van der Waals surface area contributed by atoms with Gasteiger partial charge in [-0.1, -0.05) is 58.4 Å². The van der Waals surface area contributed by atoms with Crippen LogP contribution in [-0.4, -0.2) is 37.8 Å². The number of hydrogen-bond acceptors (Lipinski definition) is 3. The third-order valence-corrected chi connectivity index (χ3v) is 5.43. The Hall–Kier alpha value is -2.43. The third-order valence-electron chi connectivity index (χ3n) is 4.94.